The van der Waals surface area contributed by atoms with E-state index in [9.17, 15) is 14.7 Å². The predicted molar refractivity (Wildman–Crippen MR) is 133 cm³/mol. The molecule has 1 unspecified atom stereocenters. The maximum absolute atomic E-state index is 12.7. The summed E-state index contributed by atoms with van der Waals surface area (Å²) < 4.78 is 5.82. The smallest absolute Gasteiger partial charge is 0.307 e. The third-order valence-corrected chi connectivity index (χ3v) is 6.78. The first-order valence-electron chi connectivity index (χ1n) is 12.6. The average Bonchev–Trinajstić information content (AvgIpc) is 2.85. The van der Waals surface area contributed by atoms with Gasteiger partial charge in [-0.05, 0) is 60.9 Å². The Hall–Kier alpha value is -2.89. The van der Waals surface area contributed by atoms with Crippen LogP contribution in [0.1, 0.15) is 62.3 Å². The Morgan fingerprint density at radius 2 is 1.79 bits per heavy atom. The molecule has 1 aliphatic carbocycles. The van der Waals surface area contributed by atoms with E-state index in [0.717, 1.165) is 49.2 Å². The number of nitrogens with zero attached hydrogens (tertiary/aromatic N) is 2. The molecule has 34 heavy (non-hydrogen) atoms. The number of rotatable bonds is 12. The van der Waals surface area contributed by atoms with Crippen molar-refractivity contribution in [2.24, 2.45) is 11.8 Å². The number of carbonyl (C=O) groups is 2. The summed E-state index contributed by atoms with van der Waals surface area (Å²) in [6.07, 6.45) is 10.0. The predicted octanol–water partition coefficient (Wildman–Crippen LogP) is 4.94. The van der Waals surface area contributed by atoms with Crippen molar-refractivity contribution in [3.05, 3.63) is 59.4 Å². The summed E-state index contributed by atoms with van der Waals surface area (Å²) in [5.41, 5.74) is 3.10. The summed E-state index contributed by atoms with van der Waals surface area (Å²) >= 11 is 0. The number of carbonyl (C=O) groups excluding carboxylic acids is 1. The van der Waals surface area contributed by atoms with Crippen LogP contribution in [0.15, 0.2) is 42.6 Å². The molecule has 1 N–H and O–H groups in total. The minimum Gasteiger partial charge on any atom is -0.493 e. The van der Waals surface area contributed by atoms with Crippen molar-refractivity contribution >= 4 is 11.9 Å². The first-order valence-corrected chi connectivity index (χ1v) is 12.6. The van der Waals surface area contributed by atoms with Gasteiger partial charge in [0, 0.05) is 38.3 Å². The molecule has 0 aliphatic heterocycles. The molecule has 1 aromatic carbocycles. The Labute approximate surface area is 203 Å². The Balaban J connectivity index is 1.46. The van der Waals surface area contributed by atoms with Crippen LogP contribution in [0, 0.1) is 11.8 Å². The van der Waals surface area contributed by atoms with E-state index in [4.69, 9.17) is 4.74 Å². The Bertz CT molecular complexity index is 905. The van der Waals surface area contributed by atoms with E-state index in [1.54, 1.807) is 11.9 Å². The van der Waals surface area contributed by atoms with Crippen LogP contribution in [0.25, 0.3) is 0 Å². The number of aliphatic carboxylic acids is 1. The molecule has 1 aliphatic rings. The van der Waals surface area contributed by atoms with Crippen molar-refractivity contribution < 1.29 is 19.4 Å². The van der Waals surface area contributed by atoms with Crippen molar-refractivity contribution in [3.8, 4) is 5.75 Å². The third kappa shape index (κ3) is 8.15. The van der Waals surface area contributed by atoms with Gasteiger partial charge in [0.15, 0.2) is 0 Å². The normalized spacial score (nSPS) is 15.0. The molecule has 184 valence electrons. The van der Waals surface area contributed by atoms with E-state index < -0.39 is 11.9 Å². The second-order valence-corrected chi connectivity index (χ2v) is 9.48. The molecule has 1 amide bonds. The fourth-order valence-corrected chi connectivity index (χ4v) is 4.56. The zero-order chi connectivity index (χ0) is 24.3. The zero-order valence-electron chi connectivity index (χ0n) is 20.5. The van der Waals surface area contributed by atoms with E-state index in [-0.39, 0.29) is 12.3 Å². The maximum atomic E-state index is 12.7. The minimum atomic E-state index is -0.929. The molecule has 3 rings (SSSR count). The summed E-state index contributed by atoms with van der Waals surface area (Å²) in [5, 5.41) is 9.70. The molecule has 1 saturated carbocycles. The molecule has 1 atom stereocenters. The lowest BCUT2D eigenvalue weighted by Gasteiger charge is -2.27. The zero-order valence-corrected chi connectivity index (χ0v) is 20.5. The van der Waals surface area contributed by atoms with E-state index in [0.29, 0.717) is 18.9 Å². The fraction of sp³-hybridized carbons (Fsp3) is 0.536. The second-order valence-electron chi connectivity index (χ2n) is 9.48. The summed E-state index contributed by atoms with van der Waals surface area (Å²) in [7, 11) is 1.80. The van der Waals surface area contributed by atoms with E-state index >= 15 is 0 Å². The highest BCUT2D eigenvalue weighted by Crippen LogP contribution is 2.25. The van der Waals surface area contributed by atoms with Crippen LogP contribution in [0.2, 0.25) is 0 Å². The molecule has 0 saturated heterocycles. The summed E-state index contributed by atoms with van der Waals surface area (Å²) in [5.74, 6) is -0.459. The highest BCUT2D eigenvalue weighted by Gasteiger charge is 2.25. The topological polar surface area (TPSA) is 79.7 Å². The summed E-state index contributed by atoms with van der Waals surface area (Å²) in [6, 6.07) is 11.6. The number of aromatic nitrogens is 1. The SMILES string of the molecule is CCc1ccc(CCOc2ccc(CC(CC(=O)N(C)CC3CCCCC3)C(=O)O)cc2)nc1. The molecule has 0 radical (unpaired) electrons. The fourth-order valence-electron chi connectivity index (χ4n) is 4.56. The number of benzene rings is 1. The monoisotopic (exact) mass is 466 g/mol. The molecule has 6 heteroatoms. The van der Waals surface area contributed by atoms with Crippen molar-refractivity contribution in [1.82, 2.24) is 9.88 Å². The van der Waals surface area contributed by atoms with Gasteiger partial charge >= 0.3 is 5.97 Å². The van der Waals surface area contributed by atoms with Crippen LogP contribution in [0.5, 0.6) is 5.75 Å². The molecular formula is C28H38N2O4. The Kier molecular flexibility index (Phi) is 9.92. The van der Waals surface area contributed by atoms with Crippen LogP contribution >= 0.6 is 0 Å². The highest BCUT2D eigenvalue weighted by molar-refractivity contribution is 5.82. The van der Waals surface area contributed by atoms with E-state index in [1.807, 2.05) is 36.5 Å². The first kappa shape index (κ1) is 25.7. The van der Waals surface area contributed by atoms with Gasteiger partial charge < -0.3 is 14.7 Å². The lowest BCUT2D eigenvalue weighted by atomic mass is 9.88. The van der Waals surface area contributed by atoms with Crippen LogP contribution < -0.4 is 4.74 Å². The van der Waals surface area contributed by atoms with Gasteiger partial charge in [0.05, 0.1) is 12.5 Å². The lowest BCUT2D eigenvalue weighted by Crippen LogP contribution is -2.35. The van der Waals surface area contributed by atoms with E-state index in [2.05, 4.69) is 18.0 Å². The van der Waals surface area contributed by atoms with Gasteiger partial charge in [0.2, 0.25) is 5.91 Å². The summed E-state index contributed by atoms with van der Waals surface area (Å²) in [6.45, 7) is 3.36. The lowest BCUT2D eigenvalue weighted by molar-refractivity contribution is -0.145. The van der Waals surface area contributed by atoms with Crippen molar-refractivity contribution in [2.45, 2.75) is 64.7 Å². The third-order valence-electron chi connectivity index (χ3n) is 6.78. The van der Waals surface area contributed by atoms with Gasteiger partial charge in [-0.25, -0.2) is 0 Å². The standard InChI is InChI=1S/C28H38N2O4/c1-3-21-9-12-25(29-19-21)15-16-34-26-13-10-22(11-14-26)17-24(28(32)33)18-27(31)30(2)20-23-7-5-4-6-8-23/h9-14,19,23-24H,3-8,15-18,20H2,1-2H3,(H,32,33). The number of aryl methyl sites for hydroxylation is 1. The van der Waals surface area contributed by atoms with Crippen LogP contribution in [0.3, 0.4) is 0 Å². The van der Waals surface area contributed by atoms with Crippen molar-refractivity contribution in [1.29, 1.82) is 0 Å². The molecule has 0 bridgehead atoms. The molecule has 1 heterocycles. The minimum absolute atomic E-state index is 0.0284. The highest BCUT2D eigenvalue weighted by atomic mass is 16.5. The van der Waals surface area contributed by atoms with Crippen LogP contribution in [0.4, 0.5) is 0 Å². The Morgan fingerprint density at radius 1 is 1.09 bits per heavy atom. The number of ether oxygens (including phenoxy) is 1. The van der Waals surface area contributed by atoms with E-state index in [1.165, 1.54) is 24.8 Å². The van der Waals surface area contributed by atoms with Crippen molar-refractivity contribution in [3.63, 3.8) is 0 Å². The molecular weight excluding hydrogens is 428 g/mol. The largest absolute Gasteiger partial charge is 0.493 e. The van der Waals surface area contributed by atoms with Gasteiger partial charge in [-0.15, -0.1) is 0 Å². The number of pyridine rings is 1. The number of hydrogen-bond acceptors (Lipinski definition) is 4. The van der Waals surface area contributed by atoms with Gasteiger partial charge in [0.1, 0.15) is 5.75 Å². The van der Waals surface area contributed by atoms with Gasteiger partial charge in [-0.1, -0.05) is 44.4 Å². The second kappa shape index (κ2) is 13.1. The van der Waals surface area contributed by atoms with Crippen LogP contribution in [-0.2, 0) is 28.9 Å². The van der Waals surface area contributed by atoms with Gasteiger partial charge in [-0.3, -0.25) is 14.6 Å². The van der Waals surface area contributed by atoms with Crippen molar-refractivity contribution in [2.75, 3.05) is 20.2 Å². The first-order chi connectivity index (χ1) is 16.4. The molecule has 0 spiro atoms. The number of carboxylic acid groups (broad SMARTS) is 1. The number of carboxylic acids is 1. The van der Waals surface area contributed by atoms with Gasteiger partial charge in [0.25, 0.3) is 0 Å². The summed E-state index contributed by atoms with van der Waals surface area (Å²) in [4.78, 5) is 30.7. The molecule has 1 aromatic heterocycles. The Morgan fingerprint density at radius 3 is 2.41 bits per heavy atom. The molecule has 2 aromatic rings. The van der Waals surface area contributed by atoms with Gasteiger partial charge in [-0.2, -0.15) is 0 Å². The van der Waals surface area contributed by atoms with Crippen LogP contribution in [-0.4, -0.2) is 47.1 Å². The molecule has 1 fully saturated rings. The number of amides is 1. The molecule has 6 nitrogen and oxygen atoms in total. The quantitative estimate of drug-likeness (QED) is 0.479. The average molecular weight is 467 g/mol. The number of hydrogen-bond donors (Lipinski definition) is 1. The maximum Gasteiger partial charge on any atom is 0.307 e.